The lowest BCUT2D eigenvalue weighted by molar-refractivity contribution is 0.639. The molecule has 0 saturated heterocycles. The van der Waals surface area contributed by atoms with Crippen LogP contribution in [-0.2, 0) is 0 Å². The van der Waals surface area contributed by atoms with Crippen molar-refractivity contribution in [2.75, 3.05) is 14.1 Å². The van der Waals surface area contributed by atoms with Crippen molar-refractivity contribution in [1.29, 1.82) is 5.41 Å². The summed E-state index contributed by atoms with van der Waals surface area (Å²) in [6.45, 7) is 0. The van der Waals surface area contributed by atoms with Gasteiger partial charge in [-0.15, -0.1) is 0 Å². The van der Waals surface area contributed by atoms with Crippen molar-refractivity contribution >= 4 is 6.34 Å². The molecule has 0 aliphatic heterocycles. The summed E-state index contributed by atoms with van der Waals surface area (Å²) in [5.41, 5.74) is 0. The molecule has 0 aromatic rings. The molecule has 0 spiro atoms. The van der Waals surface area contributed by atoms with E-state index in [4.69, 9.17) is 5.41 Å². The molecule has 0 aromatic heterocycles. The molecule has 0 radical (unpaired) electrons. The fourth-order valence-corrected chi connectivity index (χ4v) is 0. The van der Waals surface area contributed by atoms with Crippen molar-refractivity contribution in [3.05, 3.63) is 0 Å². The Balaban J connectivity index is 2.83. The van der Waals surface area contributed by atoms with Crippen LogP contribution >= 0.6 is 0 Å². The van der Waals surface area contributed by atoms with Gasteiger partial charge in [-0.2, -0.15) is 0 Å². The quantitative estimate of drug-likeness (QED) is 0.346. The van der Waals surface area contributed by atoms with Crippen LogP contribution in [0.2, 0.25) is 0 Å². The molecule has 0 rings (SSSR count). The van der Waals surface area contributed by atoms with Crippen molar-refractivity contribution in [3.63, 3.8) is 0 Å². The van der Waals surface area contributed by atoms with Crippen LogP contribution in [0.25, 0.3) is 0 Å². The zero-order valence-electron chi connectivity index (χ0n) is 3.52. The molecule has 0 unspecified atom stereocenters. The van der Waals surface area contributed by atoms with Gasteiger partial charge < -0.3 is 4.90 Å². The van der Waals surface area contributed by atoms with Crippen LogP contribution in [0, 0.1) is 5.41 Å². The molecular formula is C3H8N2. The van der Waals surface area contributed by atoms with Crippen LogP contribution in [0.15, 0.2) is 0 Å². The molecule has 0 fully saturated rings. The summed E-state index contributed by atoms with van der Waals surface area (Å²) in [7, 11) is 3.62. The second kappa shape index (κ2) is 1.76. The predicted octanol–water partition coefficient (Wildman–Crippen LogP) is 0.155. The summed E-state index contributed by atoms with van der Waals surface area (Å²) in [4.78, 5) is 1.67. The molecule has 5 heavy (non-hydrogen) atoms. The molecule has 1 N–H and O–H groups in total. The zero-order valence-corrected chi connectivity index (χ0v) is 3.52. The molecular weight excluding hydrogens is 64.0 g/mol. The Morgan fingerprint density at radius 3 is 1.80 bits per heavy atom. The van der Waals surface area contributed by atoms with Gasteiger partial charge in [0.1, 0.15) is 0 Å². The Labute approximate surface area is 31.9 Å². The fraction of sp³-hybridized carbons (Fsp3) is 0.667. The number of rotatable bonds is 1. The summed E-state index contributed by atoms with van der Waals surface area (Å²) < 4.78 is 0. The van der Waals surface area contributed by atoms with Gasteiger partial charge in [0.2, 0.25) is 0 Å². The predicted molar refractivity (Wildman–Crippen MR) is 22.5 cm³/mol. The van der Waals surface area contributed by atoms with Crippen LogP contribution < -0.4 is 0 Å². The Bertz CT molecular complexity index is 31.9. The first-order valence-corrected chi connectivity index (χ1v) is 1.44. The third-order valence-corrected chi connectivity index (χ3v) is 0.258. The molecule has 0 bridgehead atoms. The van der Waals surface area contributed by atoms with Gasteiger partial charge in [0.25, 0.3) is 0 Å². The van der Waals surface area contributed by atoms with Gasteiger partial charge in [-0.25, -0.2) is 0 Å². The largest absolute Gasteiger partial charge is 0.369 e. The van der Waals surface area contributed by atoms with Crippen molar-refractivity contribution < 1.29 is 0 Å². The van der Waals surface area contributed by atoms with Crippen molar-refractivity contribution in [1.82, 2.24) is 4.90 Å². The molecule has 2 heteroatoms. The molecule has 0 aliphatic carbocycles. The Kier molecular flexibility index (Phi) is 1.57. The van der Waals surface area contributed by atoms with E-state index in [9.17, 15) is 0 Å². The SMILES string of the molecule is CN(C)C=N. The van der Waals surface area contributed by atoms with Crippen molar-refractivity contribution in [2.45, 2.75) is 0 Å². The van der Waals surface area contributed by atoms with E-state index >= 15 is 0 Å². The second-order valence-corrected chi connectivity index (χ2v) is 1.09. The maximum absolute atomic E-state index is 6.46. The number of hydrogen-bond acceptors (Lipinski definition) is 1. The minimum absolute atomic E-state index is 1.25. The van der Waals surface area contributed by atoms with Crippen LogP contribution in [-0.4, -0.2) is 25.3 Å². The average Bonchev–Trinajstić information content (AvgIpc) is 1.38. The van der Waals surface area contributed by atoms with Gasteiger partial charge in [-0.1, -0.05) is 0 Å². The normalized spacial score (nSPS) is 6.80. The molecule has 30 valence electrons. The van der Waals surface area contributed by atoms with E-state index in [1.54, 1.807) is 4.90 Å². The Hall–Kier alpha value is -0.530. The standard InChI is InChI=1S/C3H8N2/c1-5(2)3-4/h3-4H,1-2H3. The summed E-state index contributed by atoms with van der Waals surface area (Å²) in [5.74, 6) is 0. The van der Waals surface area contributed by atoms with Gasteiger partial charge in [-0.3, -0.25) is 5.41 Å². The Morgan fingerprint density at radius 1 is 1.60 bits per heavy atom. The third-order valence-electron chi connectivity index (χ3n) is 0.258. The molecule has 0 amide bonds. The van der Waals surface area contributed by atoms with Crippen molar-refractivity contribution in [3.8, 4) is 0 Å². The van der Waals surface area contributed by atoms with Gasteiger partial charge in [0, 0.05) is 14.1 Å². The highest BCUT2D eigenvalue weighted by molar-refractivity contribution is 5.49. The van der Waals surface area contributed by atoms with E-state index in [1.807, 2.05) is 14.1 Å². The zero-order chi connectivity index (χ0) is 4.28. The van der Waals surface area contributed by atoms with Crippen molar-refractivity contribution in [2.24, 2.45) is 0 Å². The topological polar surface area (TPSA) is 27.1 Å². The average molecular weight is 72.1 g/mol. The number of hydrogen-bond donors (Lipinski definition) is 1. The first kappa shape index (κ1) is 4.47. The van der Waals surface area contributed by atoms with E-state index in [0.29, 0.717) is 0 Å². The van der Waals surface area contributed by atoms with E-state index in [0.717, 1.165) is 0 Å². The first-order valence-electron chi connectivity index (χ1n) is 1.44. The summed E-state index contributed by atoms with van der Waals surface area (Å²) in [6.07, 6.45) is 1.25. The molecule has 0 heterocycles. The lowest BCUT2D eigenvalue weighted by atomic mass is 11.0. The highest BCUT2D eigenvalue weighted by Crippen LogP contribution is 1.53. The highest BCUT2D eigenvalue weighted by Gasteiger charge is 1.64. The van der Waals surface area contributed by atoms with Crippen LogP contribution in [0.3, 0.4) is 0 Å². The maximum Gasteiger partial charge on any atom is 0.0812 e. The smallest absolute Gasteiger partial charge is 0.0812 e. The summed E-state index contributed by atoms with van der Waals surface area (Å²) in [5, 5.41) is 6.46. The number of nitrogens with one attached hydrogen (secondary N) is 1. The van der Waals surface area contributed by atoms with Crippen LogP contribution in [0.5, 0.6) is 0 Å². The minimum atomic E-state index is 1.25. The van der Waals surface area contributed by atoms with Gasteiger partial charge in [0.15, 0.2) is 0 Å². The molecule has 2 nitrogen and oxygen atoms in total. The van der Waals surface area contributed by atoms with Gasteiger partial charge in [-0.05, 0) is 0 Å². The van der Waals surface area contributed by atoms with Crippen LogP contribution in [0.4, 0.5) is 0 Å². The monoisotopic (exact) mass is 72.1 g/mol. The van der Waals surface area contributed by atoms with E-state index < -0.39 is 0 Å². The molecule has 0 atom stereocenters. The molecule has 0 aromatic carbocycles. The van der Waals surface area contributed by atoms with Gasteiger partial charge in [0.05, 0.1) is 6.34 Å². The highest BCUT2D eigenvalue weighted by atomic mass is 15.1. The van der Waals surface area contributed by atoms with E-state index in [1.165, 1.54) is 6.34 Å². The molecule has 0 aliphatic rings. The summed E-state index contributed by atoms with van der Waals surface area (Å²) in [6, 6.07) is 0. The second-order valence-electron chi connectivity index (χ2n) is 1.09. The maximum atomic E-state index is 6.46. The lowest BCUT2D eigenvalue weighted by Gasteiger charge is -1.96. The minimum Gasteiger partial charge on any atom is -0.369 e. The van der Waals surface area contributed by atoms with Crippen LogP contribution in [0.1, 0.15) is 0 Å². The van der Waals surface area contributed by atoms with E-state index in [2.05, 4.69) is 0 Å². The fourth-order valence-electron chi connectivity index (χ4n) is 0. The molecule has 0 saturated carbocycles. The van der Waals surface area contributed by atoms with E-state index in [-0.39, 0.29) is 0 Å². The number of nitrogens with zero attached hydrogens (tertiary/aromatic N) is 1. The van der Waals surface area contributed by atoms with Gasteiger partial charge >= 0.3 is 0 Å². The summed E-state index contributed by atoms with van der Waals surface area (Å²) >= 11 is 0. The first-order chi connectivity index (χ1) is 2.27. The lowest BCUT2D eigenvalue weighted by Crippen LogP contribution is -2.05. The Morgan fingerprint density at radius 2 is 1.80 bits per heavy atom. The third kappa shape index (κ3) is 3.47.